The van der Waals surface area contributed by atoms with Gasteiger partial charge in [-0.15, -0.1) is 0 Å². The minimum atomic E-state index is -0.319. The largest absolute Gasteiger partial charge is 0.439 e. The van der Waals surface area contributed by atoms with Gasteiger partial charge in [-0.3, -0.25) is 0 Å². The molecule has 0 amide bonds. The van der Waals surface area contributed by atoms with Crippen molar-refractivity contribution >= 4 is 5.82 Å². The fraction of sp³-hybridized carbons (Fsp3) is 0.267. The van der Waals surface area contributed by atoms with Gasteiger partial charge in [-0.25, -0.2) is 4.39 Å². The van der Waals surface area contributed by atoms with Gasteiger partial charge in [0.25, 0.3) is 0 Å². The Hall–Kier alpha value is -2.10. The molecular weight excluding hydrogens is 243 g/mol. The summed E-state index contributed by atoms with van der Waals surface area (Å²) in [5.41, 5.74) is 0.870. The van der Waals surface area contributed by atoms with Crippen LogP contribution in [-0.2, 0) is 0 Å². The van der Waals surface area contributed by atoms with Gasteiger partial charge in [0.15, 0.2) is 0 Å². The fourth-order valence-corrected chi connectivity index (χ4v) is 1.62. The summed E-state index contributed by atoms with van der Waals surface area (Å²) in [6.45, 7) is 4.81. The molecule has 19 heavy (non-hydrogen) atoms. The first-order valence-corrected chi connectivity index (χ1v) is 6.34. The molecule has 0 atom stereocenters. The average Bonchev–Trinajstić information content (AvgIpc) is 2.41. The second-order valence-corrected chi connectivity index (χ2v) is 4.30. The molecule has 2 rings (SSSR count). The molecule has 100 valence electrons. The predicted octanol–water partition coefficient (Wildman–Crippen LogP) is 4.14. The Balaban J connectivity index is 2.16. The van der Waals surface area contributed by atoms with Crippen LogP contribution in [-0.4, -0.2) is 11.5 Å². The number of pyridine rings is 1. The molecule has 0 saturated carbocycles. The number of anilines is 1. The van der Waals surface area contributed by atoms with Crippen LogP contribution < -0.4 is 10.1 Å². The lowest BCUT2D eigenvalue weighted by Crippen LogP contribution is -2.02. The summed E-state index contributed by atoms with van der Waals surface area (Å²) in [4.78, 5) is 4.32. The van der Waals surface area contributed by atoms with Crippen molar-refractivity contribution in [3.05, 3.63) is 47.8 Å². The van der Waals surface area contributed by atoms with Crippen LogP contribution in [0.3, 0.4) is 0 Å². The molecule has 0 saturated heterocycles. The highest BCUT2D eigenvalue weighted by atomic mass is 19.1. The summed E-state index contributed by atoms with van der Waals surface area (Å²) in [6.07, 6.45) is 1.02. The summed E-state index contributed by atoms with van der Waals surface area (Å²) in [7, 11) is 0. The molecule has 0 spiro atoms. The highest BCUT2D eigenvalue weighted by Gasteiger charge is 2.05. The molecule has 0 aliphatic carbocycles. The third kappa shape index (κ3) is 3.68. The number of hydrogen-bond acceptors (Lipinski definition) is 3. The van der Waals surface area contributed by atoms with E-state index in [0.717, 1.165) is 24.3 Å². The van der Waals surface area contributed by atoms with Crippen molar-refractivity contribution in [2.45, 2.75) is 20.3 Å². The summed E-state index contributed by atoms with van der Waals surface area (Å²) < 4.78 is 18.8. The first kappa shape index (κ1) is 13.3. The minimum absolute atomic E-state index is 0.319. The molecular formula is C15H17FN2O. The molecule has 1 N–H and O–H groups in total. The van der Waals surface area contributed by atoms with Gasteiger partial charge in [0, 0.05) is 18.7 Å². The Morgan fingerprint density at radius 3 is 2.89 bits per heavy atom. The van der Waals surface area contributed by atoms with Gasteiger partial charge < -0.3 is 10.1 Å². The number of aryl methyl sites for hydroxylation is 1. The summed E-state index contributed by atoms with van der Waals surface area (Å²) in [5, 5.41) is 3.18. The van der Waals surface area contributed by atoms with Crippen LogP contribution in [0.25, 0.3) is 0 Å². The molecule has 1 aromatic carbocycles. The number of hydrogen-bond donors (Lipinski definition) is 1. The average molecular weight is 260 g/mol. The normalized spacial score (nSPS) is 10.3. The van der Waals surface area contributed by atoms with Crippen LogP contribution in [0.5, 0.6) is 11.6 Å². The van der Waals surface area contributed by atoms with E-state index in [-0.39, 0.29) is 5.82 Å². The van der Waals surface area contributed by atoms with E-state index in [4.69, 9.17) is 4.74 Å². The van der Waals surface area contributed by atoms with E-state index < -0.39 is 0 Å². The van der Waals surface area contributed by atoms with Crippen molar-refractivity contribution in [3.8, 4) is 11.6 Å². The van der Waals surface area contributed by atoms with Crippen LogP contribution in [0.15, 0.2) is 36.4 Å². The molecule has 2 aromatic rings. The second-order valence-electron chi connectivity index (χ2n) is 4.30. The van der Waals surface area contributed by atoms with Gasteiger partial charge in [-0.2, -0.15) is 4.98 Å². The number of benzene rings is 1. The van der Waals surface area contributed by atoms with Crippen LogP contribution in [0, 0.1) is 12.7 Å². The summed E-state index contributed by atoms with van der Waals surface area (Å²) in [5.74, 6) is 1.38. The smallest absolute Gasteiger partial charge is 0.221 e. The lowest BCUT2D eigenvalue weighted by atomic mass is 10.2. The number of nitrogens with zero attached hydrogens (tertiary/aromatic N) is 1. The van der Waals surface area contributed by atoms with Gasteiger partial charge in [0.2, 0.25) is 5.88 Å². The van der Waals surface area contributed by atoms with Gasteiger partial charge in [0.1, 0.15) is 17.4 Å². The number of rotatable bonds is 5. The molecule has 0 bridgehead atoms. The summed E-state index contributed by atoms with van der Waals surface area (Å²) in [6, 6.07) is 9.94. The number of ether oxygens (including phenoxy) is 1. The third-order valence-electron chi connectivity index (χ3n) is 2.64. The fourth-order valence-electron chi connectivity index (χ4n) is 1.62. The van der Waals surface area contributed by atoms with Crippen molar-refractivity contribution < 1.29 is 9.13 Å². The highest BCUT2D eigenvalue weighted by Crippen LogP contribution is 2.25. The van der Waals surface area contributed by atoms with Gasteiger partial charge >= 0.3 is 0 Å². The molecule has 1 aromatic heterocycles. The van der Waals surface area contributed by atoms with Crippen molar-refractivity contribution in [3.63, 3.8) is 0 Å². The van der Waals surface area contributed by atoms with E-state index in [0.29, 0.717) is 11.6 Å². The topological polar surface area (TPSA) is 34.1 Å². The maximum Gasteiger partial charge on any atom is 0.221 e. The highest BCUT2D eigenvalue weighted by molar-refractivity contribution is 5.40. The van der Waals surface area contributed by atoms with Crippen LogP contribution in [0.2, 0.25) is 0 Å². The monoisotopic (exact) mass is 260 g/mol. The molecule has 3 nitrogen and oxygen atoms in total. The van der Waals surface area contributed by atoms with E-state index in [9.17, 15) is 4.39 Å². The Bertz CT molecular complexity index is 558. The molecule has 1 heterocycles. The molecule has 0 aliphatic heterocycles. The predicted molar refractivity (Wildman–Crippen MR) is 74.2 cm³/mol. The Labute approximate surface area is 112 Å². The molecule has 0 unspecified atom stereocenters. The SMILES string of the molecule is CCCNc1cccc(Oc2cc(F)ccc2C)n1. The zero-order valence-electron chi connectivity index (χ0n) is 11.1. The Morgan fingerprint density at radius 1 is 1.26 bits per heavy atom. The van der Waals surface area contributed by atoms with Crippen molar-refractivity contribution in [2.24, 2.45) is 0 Å². The van der Waals surface area contributed by atoms with E-state index >= 15 is 0 Å². The Morgan fingerprint density at radius 2 is 2.11 bits per heavy atom. The lowest BCUT2D eigenvalue weighted by molar-refractivity contribution is 0.455. The molecule has 0 aliphatic rings. The zero-order chi connectivity index (χ0) is 13.7. The standard InChI is InChI=1S/C15H17FN2O/c1-3-9-17-14-5-4-6-15(18-14)19-13-10-12(16)8-7-11(13)2/h4-8,10H,3,9H2,1-2H3,(H,17,18). The van der Waals surface area contributed by atoms with Crippen molar-refractivity contribution in [1.29, 1.82) is 0 Å². The number of halogens is 1. The van der Waals surface area contributed by atoms with Gasteiger partial charge in [-0.1, -0.05) is 19.1 Å². The quantitative estimate of drug-likeness (QED) is 0.877. The first-order valence-electron chi connectivity index (χ1n) is 6.34. The van der Waals surface area contributed by atoms with Gasteiger partial charge in [0.05, 0.1) is 0 Å². The van der Waals surface area contributed by atoms with E-state index in [1.54, 1.807) is 12.1 Å². The second kappa shape index (κ2) is 6.18. The Kier molecular flexibility index (Phi) is 4.34. The maximum atomic E-state index is 13.2. The molecule has 4 heteroatoms. The lowest BCUT2D eigenvalue weighted by Gasteiger charge is -2.09. The van der Waals surface area contributed by atoms with Crippen molar-refractivity contribution in [1.82, 2.24) is 4.98 Å². The van der Waals surface area contributed by atoms with Crippen LogP contribution in [0.4, 0.5) is 10.2 Å². The van der Waals surface area contributed by atoms with Gasteiger partial charge in [-0.05, 0) is 31.0 Å². The van der Waals surface area contributed by atoms with E-state index in [1.807, 2.05) is 19.1 Å². The maximum absolute atomic E-state index is 13.2. The molecule has 0 fully saturated rings. The minimum Gasteiger partial charge on any atom is -0.439 e. The number of nitrogens with one attached hydrogen (secondary N) is 1. The van der Waals surface area contributed by atoms with E-state index in [2.05, 4.69) is 17.2 Å². The third-order valence-corrected chi connectivity index (χ3v) is 2.64. The molecule has 0 radical (unpaired) electrons. The first-order chi connectivity index (χ1) is 9.19. The van der Waals surface area contributed by atoms with E-state index in [1.165, 1.54) is 12.1 Å². The zero-order valence-corrected chi connectivity index (χ0v) is 11.1. The van der Waals surface area contributed by atoms with Crippen molar-refractivity contribution in [2.75, 3.05) is 11.9 Å². The number of aromatic nitrogens is 1. The van der Waals surface area contributed by atoms with Crippen LogP contribution >= 0.6 is 0 Å². The summed E-state index contributed by atoms with van der Waals surface area (Å²) >= 11 is 0. The van der Waals surface area contributed by atoms with Crippen LogP contribution in [0.1, 0.15) is 18.9 Å².